The van der Waals surface area contributed by atoms with Crippen LogP contribution in [0.4, 0.5) is 11.6 Å². The average Bonchev–Trinajstić information content (AvgIpc) is 2.66. The van der Waals surface area contributed by atoms with E-state index in [2.05, 4.69) is 15.3 Å². The number of aromatic nitrogens is 2. The summed E-state index contributed by atoms with van der Waals surface area (Å²) in [6.45, 7) is 3.50. The van der Waals surface area contributed by atoms with Crippen LogP contribution < -0.4 is 10.2 Å². The highest BCUT2D eigenvalue weighted by atomic mass is 16.5. The van der Waals surface area contributed by atoms with E-state index in [1.165, 1.54) is 4.90 Å². The Morgan fingerprint density at radius 2 is 1.75 bits per heavy atom. The zero-order valence-corrected chi connectivity index (χ0v) is 16.2. The summed E-state index contributed by atoms with van der Waals surface area (Å²) in [6, 6.07) is 8.15. The molecule has 28 heavy (non-hydrogen) atoms. The van der Waals surface area contributed by atoms with Gasteiger partial charge in [-0.05, 0) is 36.2 Å². The Hall–Kier alpha value is -3.29. The molecule has 0 saturated heterocycles. The van der Waals surface area contributed by atoms with Gasteiger partial charge in [0.25, 0.3) is 0 Å². The topological polar surface area (TPSA) is 101 Å². The number of likely N-dealkylation sites (N-methyl/N-ethyl adjacent to an activating group) is 1. The van der Waals surface area contributed by atoms with Gasteiger partial charge in [0.2, 0.25) is 11.9 Å². The first-order chi connectivity index (χ1) is 13.3. The summed E-state index contributed by atoms with van der Waals surface area (Å²) in [5, 5.41) is 2.77. The first-order valence-corrected chi connectivity index (χ1v) is 8.92. The summed E-state index contributed by atoms with van der Waals surface area (Å²) in [7, 11) is 1.66. The molecule has 0 bridgehead atoms. The predicted molar refractivity (Wildman–Crippen MR) is 105 cm³/mol. The number of carbonyl (C=O) groups is 3. The van der Waals surface area contributed by atoms with E-state index in [1.54, 1.807) is 49.8 Å². The number of nitrogens with zero attached hydrogens (tertiary/aromatic N) is 3. The number of hydrogen-bond donors (Lipinski definition) is 1. The Labute approximate surface area is 163 Å². The van der Waals surface area contributed by atoms with Gasteiger partial charge >= 0.3 is 5.97 Å². The molecule has 0 fully saturated rings. The van der Waals surface area contributed by atoms with Crippen LogP contribution in [0.15, 0.2) is 42.7 Å². The molecule has 148 valence electrons. The molecule has 0 aliphatic carbocycles. The molecule has 0 spiro atoms. The van der Waals surface area contributed by atoms with Crippen molar-refractivity contribution in [3.63, 3.8) is 0 Å². The number of rotatable bonds is 9. The molecule has 1 heterocycles. The van der Waals surface area contributed by atoms with Crippen molar-refractivity contribution in [2.75, 3.05) is 30.4 Å². The van der Waals surface area contributed by atoms with Gasteiger partial charge in [0.05, 0.1) is 0 Å². The molecule has 1 aromatic heterocycles. The van der Waals surface area contributed by atoms with Gasteiger partial charge in [-0.15, -0.1) is 0 Å². The standard InChI is InChI=1S/C20H24N4O4/c1-14(2)11-18(26)23-16-7-5-15(6-8-16)17(25)13-28-19(27)12-24(3)20-21-9-4-10-22-20/h4-10,14H,11-13H2,1-3H3,(H,23,26). The molecule has 0 atom stereocenters. The first kappa shape index (κ1) is 21.0. The van der Waals surface area contributed by atoms with Gasteiger partial charge in [-0.1, -0.05) is 13.8 Å². The quantitative estimate of drug-likeness (QED) is 0.523. The van der Waals surface area contributed by atoms with Crippen molar-refractivity contribution >= 4 is 29.3 Å². The first-order valence-electron chi connectivity index (χ1n) is 8.92. The third-order valence-electron chi connectivity index (χ3n) is 3.71. The van der Waals surface area contributed by atoms with E-state index in [-0.39, 0.29) is 30.8 Å². The summed E-state index contributed by atoms with van der Waals surface area (Å²) in [4.78, 5) is 45.4. The summed E-state index contributed by atoms with van der Waals surface area (Å²) in [5.74, 6) is -0.300. The molecule has 0 aliphatic rings. The fourth-order valence-corrected chi connectivity index (χ4v) is 2.35. The maximum atomic E-state index is 12.2. The van der Waals surface area contributed by atoms with E-state index in [1.807, 2.05) is 13.8 Å². The molecule has 1 aromatic carbocycles. The molecule has 0 aliphatic heterocycles. The van der Waals surface area contributed by atoms with Gasteiger partial charge in [-0.2, -0.15) is 0 Å². The highest BCUT2D eigenvalue weighted by Gasteiger charge is 2.14. The minimum atomic E-state index is -0.555. The summed E-state index contributed by atoms with van der Waals surface area (Å²) >= 11 is 0. The van der Waals surface area contributed by atoms with Gasteiger partial charge in [0.15, 0.2) is 12.4 Å². The lowest BCUT2D eigenvalue weighted by Crippen LogP contribution is -2.29. The smallest absolute Gasteiger partial charge is 0.326 e. The summed E-state index contributed by atoms with van der Waals surface area (Å²) in [6.07, 6.45) is 3.57. The Morgan fingerprint density at radius 1 is 1.11 bits per heavy atom. The summed E-state index contributed by atoms with van der Waals surface area (Å²) in [5.41, 5.74) is 1.01. The fourth-order valence-electron chi connectivity index (χ4n) is 2.35. The minimum absolute atomic E-state index is 0.0713. The Morgan fingerprint density at radius 3 is 2.36 bits per heavy atom. The molecular formula is C20H24N4O4. The minimum Gasteiger partial charge on any atom is -0.456 e. The number of ketones is 1. The van der Waals surface area contributed by atoms with Crippen LogP contribution >= 0.6 is 0 Å². The second-order valence-electron chi connectivity index (χ2n) is 6.71. The van der Waals surface area contributed by atoms with Crippen LogP contribution in [0.2, 0.25) is 0 Å². The molecule has 2 aromatic rings. The normalized spacial score (nSPS) is 10.4. The zero-order valence-electron chi connectivity index (χ0n) is 16.2. The van der Waals surface area contributed by atoms with E-state index in [4.69, 9.17) is 4.74 Å². The van der Waals surface area contributed by atoms with Crippen LogP contribution in [-0.4, -0.2) is 47.8 Å². The van der Waals surface area contributed by atoms with Crippen molar-refractivity contribution in [3.8, 4) is 0 Å². The third kappa shape index (κ3) is 6.79. The van der Waals surface area contributed by atoms with E-state index < -0.39 is 5.97 Å². The van der Waals surface area contributed by atoms with Crippen molar-refractivity contribution in [2.45, 2.75) is 20.3 Å². The van der Waals surface area contributed by atoms with Crippen LogP contribution in [0.5, 0.6) is 0 Å². The molecule has 8 heteroatoms. The van der Waals surface area contributed by atoms with Gasteiger partial charge in [-0.3, -0.25) is 14.4 Å². The fraction of sp³-hybridized carbons (Fsp3) is 0.350. The lowest BCUT2D eigenvalue weighted by molar-refractivity contribution is -0.140. The predicted octanol–water partition coefficient (Wildman–Crippen LogP) is 2.32. The molecule has 0 radical (unpaired) electrons. The van der Waals surface area contributed by atoms with Crippen LogP contribution in [0.1, 0.15) is 30.6 Å². The number of benzene rings is 1. The molecule has 8 nitrogen and oxygen atoms in total. The van der Waals surface area contributed by atoms with Crippen LogP contribution in [-0.2, 0) is 14.3 Å². The number of anilines is 2. The zero-order chi connectivity index (χ0) is 20.5. The van der Waals surface area contributed by atoms with Crippen molar-refractivity contribution in [2.24, 2.45) is 5.92 Å². The highest BCUT2D eigenvalue weighted by molar-refractivity contribution is 5.99. The number of esters is 1. The number of ether oxygens (including phenoxy) is 1. The molecule has 0 unspecified atom stereocenters. The van der Waals surface area contributed by atoms with Crippen LogP contribution in [0.3, 0.4) is 0 Å². The SMILES string of the molecule is CC(C)CC(=O)Nc1ccc(C(=O)COC(=O)CN(C)c2ncccn2)cc1. The van der Waals surface area contributed by atoms with Gasteiger partial charge in [0.1, 0.15) is 6.54 Å². The Kier molecular flexibility index (Phi) is 7.62. The largest absolute Gasteiger partial charge is 0.456 e. The third-order valence-corrected chi connectivity index (χ3v) is 3.71. The number of nitrogens with one attached hydrogen (secondary N) is 1. The van der Waals surface area contributed by atoms with Gasteiger partial charge in [0, 0.05) is 37.1 Å². The average molecular weight is 384 g/mol. The van der Waals surface area contributed by atoms with E-state index in [0.29, 0.717) is 23.6 Å². The maximum absolute atomic E-state index is 12.2. The van der Waals surface area contributed by atoms with E-state index >= 15 is 0 Å². The Balaban J connectivity index is 1.81. The highest BCUT2D eigenvalue weighted by Crippen LogP contribution is 2.12. The molecule has 2 rings (SSSR count). The van der Waals surface area contributed by atoms with Gasteiger partial charge < -0.3 is 15.0 Å². The Bertz CT molecular complexity index is 807. The molecule has 1 amide bonds. The maximum Gasteiger partial charge on any atom is 0.326 e. The van der Waals surface area contributed by atoms with Gasteiger partial charge in [-0.25, -0.2) is 9.97 Å². The number of carbonyl (C=O) groups excluding carboxylic acids is 3. The molecule has 0 saturated carbocycles. The number of Topliss-reactive ketones (excluding diaryl/α,β-unsaturated/α-hetero) is 1. The molecular weight excluding hydrogens is 360 g/mol. The lowest BCUT2D eigenvalue weighted by Gasteiger charge is -2.15. The number of amides is 1. The van der Waals surface area contributed by atoms with Crippen LogP contribution in [0, 0.1) is 5.92 Å². The van der Waals surface area contributed by atoms with Crippen molar-refractivity contribution in [1.82, 2.24) is 9.97 Å². The second kappa shape index (κ2) is 10.1. The monoisotopic (exact) mass is 384 g/mol. The van der Waals surface area contributed by atoms with Crippen LogP contribution in [0.25, 0.3) is 0 Å². The molecule has 1 N–H and O–H groups in total. The lowest BCUT2D eigenvalue weighted by atomic mass is 10.1. The van der Waals surface area contributed by atoms with E-state index in [9.17, 15) is 14.4 Å². The van der Waals surface area contributed by atoms with Crippen molar-refractivity contribution in [1.29, 1.82) is 0 Å². The van der Waals surface area contributed by atoms with E-state index in [0.717, 1.165) is 0 Å². The van der Waals surface area contributed by atoms with Crippen molar-refractivity contribution in [3.05, 3.63) is 48.3 Å². The summed E-state index contributed by atoms with van der Waals surface area (Å²) < 4.78 is 5.03. The van der Waals surface area contributed by atoms with Crippen molar-refractivity contribution < 1.29 is 19.1 Å². The number of hydrogen-bond acceptors (Lipinski definition) is 7. The second-order valence-corrected chi connectivity index (χ2v) is 6.71.